The molecule has 0 N–H and O–H groups in total. The van der Waals surface area contributed by atoms with Gasteiger partial charge in [-0.2, -0.15) is 21.6 Å². The molecule has 0 saturated heterocycles. The third kappa shape index (κ3) is 3.01. The number of alkyl halides is 3. The van der Waals surface area contributed by atoms with Crippen molar-refractivity contribution in [1.29, 1.82) is 0 Å². The molecule has 0 aliphatic heterocycles. The first kappa shape index (κ1) is 13.1. The summed E-state index contributed by atoms with van der Waals surface area (Å²) in [4.78, 5) is 3.92. The number of rotatable bonds is 3. The molecule has 0 saturated carbocycles. The van der Waals surface area contributed by atoms with Gasteiger partial charge in [-0.05, 0) is 12.3 Å². The average molecular weight is 273 g/mol. The average Bonchev–Trinajstić information content (AvgIpc) is 2.15. The van der Waals surface area contributed by atoms with Crippen LogP contribution in [0.5, 0.6) is 5.88 Å². The van der Waals surface area contributed by atoms with Crippen LogP contribution in [0.4, 0.5) is 13.2 Å². The van der Waals surface area contributed by atoms with E-state index in [1.807, 2.05) is 0 Å². The summed E-state index contributed by atoms with van der Waals surface area (Å²) in [5, 5.41) is 0. The van der Waals surface area contributed by atoms with Crippen molar-refractivity contribution in [1.82, 2.24) is 4.98 Å². The van der Waals surface area contributed by atoms with E-state index < -0.39 is 21.5 Å². The molecule has 90 valence electrons. The predicted molar refractivity (Wildman–Crippen MR) is 51.6 cm³/mol. The molecular weight excluding hydrogens is 267 g/mol. The Bertz CT molecular complexity index is 472. The molecule has 0 aliphatic rings. The number of hydrogen-bond acceptors (Lipinski definition) is 5. The highest BCUT2D eigenvalue weighted by molar-refractivity contribution is 7.98. The first-order valence-electron chi connectivity index (χ1n) is 3.77. The van der Waals surface area contributed by atoms with Crippen LogP contribution >= 0.6 is 11.8 Å². The zero-order valence-corrected chi connectivity index (χ0v) is 9.49. The van der Waals surface area contributed by atoms with Gasteiger partial charge < -0.3 is 4.18 Å². The second kappa shape index (κ2) is 4.50. The summed E-state index contributed by atoms with van der Waals surface area (Å²) in [7, 11) is -5.65. The van der Waals surface area contributed by atoms with E-state index in [9.17, 15) is 21.6 Å². The van der Waals surface area contributed by atoms with E-state index in [1.165, 1.54) is 17.8 Å². The second-order valence-corrected chi connectivity index (χ2v) is 4.93. The van der Waals surface area contributed by atoms with Gasteiger partial charge in [0, 0.05) is 17.2 Å². The Hall–Kier alpha value is -0.960. The minimum atomic E-state index is -5.65. The van der Waals surface area contributed by atoms with E-state index in [-0.39, 0.29) is 0 Å². The number of halogens is 3. The molecule has 1 heterocycles. The smallest absolute Gasteiger partial charge is 0.355 e. The van der Waals surface area contributed by atoms with Crippen LogP contribution in [0.15, 0.2) is 23.2 Å². The van der Waals surface area contributed by atoms with E-state index >= 15 is 0 Å². The molecule has 16 heavy (non-hydrogen) atoms. The summed E-state index contributed by atoms with van der Waals surface area (Å²) in [6.07, 6.45) is 2.84. The molecule has 9 heteroatoms. The van der Waals surface area contributed by atoms with E-state index in [1.54, 1.807) is 6.26 Å². The summed E-state index contributed by atoms with van der Waals surface area (Å²) >= 11 is 1.22. The number of aromatic nitrogens is 1. The normalized spacial score (nSPS) is 12.5. The third-order valence-electron chi connectivity index (χ3n) is 1.42. The van der Waals surface area contributed by atoms with Crippen molar-refractivity contribution in [2.24, 2.45) is 0 Å². The van der Waals surface area contributed by atoms with Crippen LogP contribution in [-0.2, 0) is 10.1 Å². The Morgan fingerprint density at radius 3 is 2.56 bits per heavy atom. The molecule has 1 aromatic heterocycles. The summed E-state index contributed by atoms with van der Waals surface area (Å²) < 4.78 is 61.0. The van der Waals surface area contributed by atoms with E-state index in [0.717, 1.165) is 12.3 Å². The summed E-state index contributed by atoms with van der Waals surface area (Å²) in [6, 6.07) is 2.62. The Kier molecular flexibility index (Phi) is 3.68. The number of pyridine rings is 1. The fourth-order valence-corrected chi connectivity index (χ4v) is 1.55. The predicted octanol–water partition coefficient (Wildman–Crippen LogP) is 2.03. The van der Waals surface area contributed by atoms with Gasteiger partial charge in [0.25, 0.3) is 0 Å². The SMILES string of the molecule is CSc1ccnc(OS(=O)(=O)C(F)(F)F)c1. The highest BCUT2D eigenvalue weighted by atomic mass is 32.2. The van der Waals surface area contributed by atoms with Crippen molar-refractivity contribution in [3.05, 3.63) is 18.3 Å². The first-order chi connectivity index (χ1) is 7.26. The monoisotopic (exact) mass is 273 g/mol. The van der Waals surface area contributed by atoms with Crippen LogP contribution in [0.2, 0.25) is 0 Å². The minimum absolute atomic E-state index is 0.544. The zero-order chi connectivity index (χ0) is 12.4. The highest BCUT2D eigenvalue weighted by Crippen LogP contribution is 2.27. The highest BCUT2D eigenvalue weighted by Gasteiger charge is 2.48. The molecule has 0 aromatic carbocycles. The second-order valence-electron chi connectivity index (χ2n) is 2.52. The standard InChI is InChI=1S/C7H6F3NO3S2/c1-15-5-2-3-11-6(4-5)14-16(12,13)7(8,9)10/h2-4H,1H3. The van der Waals surface area contributed by atoms with Gasteiger partial charge in [0.2, 0.25) is 5.88 Å². The lowest BCUT2D eigenvalue weighted by Gasteiger charge is -2.08. The summed E-state index contributed by atoms with van der Waals surface area (Å²) in [6.45, 7) is 0. The fraction of sp³-hybridized carbons (Fsp3) is 0.286. The molecule has 0 fully saturated rings. The van der Waals surface area contributed by atoms with Crippen LogP contribution in [0.3, 0.4) is 0 Å². The maximum absolute atomic E-state index is 12.0. The van der Waals surface area contributed by atoms with E-state index in [0.29, 0.717) is 4.90 Å². The van der Waals surface area contributed by atoms with Crippen molar-refractivity contribution < 1.29 is 25.8 Å². The lowest BCUT2D eigenvalue weighted by molar-refractivity contribution is -0.0501. The Labute approximate surface area is 93.9 Å². The number of thioether (sulfide) groups is 1. The Morgan fingerprint density at radius 1 is 1.44 bits per heavy atom. The van der Waals surface area contributed by atoms with Crippen LogP contribution in [0.25, 0.3) is 0 Å². The van der Waals surface area contributed by atoms with Crippen molar-refractivity contribution in [3.8, 4) is 5.88 Å². The fourth-order valence-electron chi connectivity index (χ4n) is 0.723. The van der Waals surface area contributed by atoms with Crippen molar-refractivity contribution >= 4 is 21.9 Å². The van der Waals surface area contributed by atoms with Crippen LogP contribution in [0, 0.1) is 0 Å². The van der Waals surface area contributed by atoms with Crippen LogP contribution in [0.1, 0.15) is 0 Å². The van der Waals surface area contributed by atoms with Gasteiger partial charge in [0.15, 0.2) is 0 Å². The quantitative estimate of drug-likeness (QED) is 0.479. The molecule has 0 aliphatic carbocycles. The topological polar surface area (TPSA) is 56.3 Å². The molecule has 1 rings (SSSR count). The number of nitrogens with zero attached hydrogens (tertiary/aromatic N) is 1. The minimum Gasteiger partial charge on any atom is -0.355 e. The first-order valence-corrected chi connectivity index (χ1v) is 6.40. The van der Waals surface area contributed by atoms with Gasteiger partial charge in [-0.15, -0.1) is 11.8 Å². The molecule has 0 spiro atoms. The van der Waals surface area contributed by atoms with Crippen molar-refractivity contribution in [2.75, 3.05) is 6.26 Å². The van der Waals surface area contributed by atoms with Gasteiger partial charge >= 0.3 is 15.6 Å². The maximum Gasteiger partial charge on any atom is 0.534 e. The van der Waals surface area contributed by atoms with Crippen molar-refractivity contribution in [2.45, 2.75) is 10.4 Å². The maximum atomic E-state index is 12.0. The van der Waals surface area contributed by atoms with Gasteiger partial charge in [-0.25, -0.2) is 4.98 Å². The molecule has 0 radical (unpaired) electrons. The third-order valence-corrected chi connectivity index (χ3v) is 3.10. The molecule has 0 bridgehead atoms. The lowest BCUT2D eigenvalue weighted by atomic mass is 10.5. The largest absolute Gasteiger partial charge is 0.534 e. The molecule has 0 atom stereocenters. The molecule has 4 nitrogen and oxygen atoms in total. The summed E-state index contributed by atoms with van der Waals surface area (Å²) in [5.41, 5.74) is -5.45. The molecule has 0 amide bonds. The summed E-state index contributed by atoms with van der Waals surface area (Å²) in [5.74, 6) is -0.607. The van der Waals surface area contributed by atoms with E-state index in [2.05, 4.69) is 9.17 Å². The lowest BCUT2D eigenvalue weighted by Crippen LogP contribution is -2.28. The number of hydrogen-bond donors (Lipinski definition) is 0. The van der Waals surface area contributed by atoms with Crippen molar-refractivity contribution in [3.63, 3.8) is 0 Å². The van der Waals surface area contributed by atoms with Gasteiger partial charge in [0.1, 0.15) is 0 Å². The molecule has 0 unspecified atom stereocenters. The van der Waals surface area contributed by atoms with Gasteiger partial charge in [0.05, 0.1) is 0 Å². The van der Waals surface area contributed by atoms with Gasteiger partial charge in [-0.1, -0.05) is 0 Å². The Balaban J connectivity index is 2.97. The van der Waals surface area contributed by atoms with Crippen LogP contribution < -0.4 is 4.18 Å². The van der Waals surface area contributed by atoms with E-state index in [4.69, 9.17) is 0 Å². The molecule has 1 aromatic rings. The Morgan fingerprint density at radius 2 is 2.06 bits per heavy atom. The zero-order valence-electron chi connectivity index (χ0n) is 7.85. The van der Waals surface area contributed by atoms with Crippen LogP contribution in [-0.4, -0.2) is 25.2 Å². The van der Waals surface area contributed by atoms with Gasteiger partial charge in [-0.3, -0.25) is 0 Å². The molecular formula is C7H6F3NO3S2.